The van der Waals surface area contributed by atoms with Crippen molar-refractivity contribution >= 4 is 0 Å². The van der Waals surface area contributed by atoms with Gasteiger partial charge < -0.3 is 5.11 Å². The summed E-state index contributed by atoms with van der Waals surface area (Å²) < 4.78 is 0. The smallest absolute Gasteiger partial charge is 0.0543 e. The third-order valence-corrected chi connectivity index (χ3v) is 3.70. The predicted octanol–water partition coefficient (Wildman–Crippen LogP) is 4.39. The van der Waals surface area contributed by atoms with Gasteiger partial charge in [-0.2, -0.15) is 0 Å². The average Bonchev–Trinajstić information content (AvgIpc) is 2.52. The lowest BCUT2D eigenvalue weighted by atomic mass is 10.0. The number of unbranched alkanes of at least 4 members (excludes halogenated alkanes) is 1. The van der Waals surface area contributed by atoms with Crippen molar-refractivity contribution < 1.29 is 5.11 Å². The van der Waals surface area contributed by atoms with Crippen molar-refractivity contribution in [2.75, 3.05) is 0 Å². The molecule has 0 heterocycles. The van der Waals surface area contributed by atoms with Crippen LogP contribution in [0.3, 0.4) is 0 Å². The second-order valence-corrected chi connectivity index (χ2v) is 5.41. The minimum absolute atomic E-state index is 0.161. The Balaban J connectivity index is 1.57. The molecule has 106 valence electrons. The first-order chi connectivity index (χ1) is 9.84. The molecule has 0 saturated carbocycles. The Morgan fingerprint density at radius 2 is 1.20 bits per heavy atom. The fourth-order valence-corrected chi connectivity index (χ4v) is 2.48. The van der Waals surface area contributed by atoms with Crippen LogP contribution in [0, 0.1) is 0 Å². The Hall–Kier alpha value is -1.60. The molecule has 2 rings (SSSR count). The van der Waals surface area contributed by atoms with E-state index in [2.05, 4.69) is 54.6 Å². The number of aryl methyl sites for hydroxylation is 2. The number of hydrogen-bond acceptors (Lipinski definition) is 1. The second kappa shape index (κ2) is 8.55. The molecule has 2 aromatic carbocycles. The third kappa shape index (κ3) is 5.58. The fourth-order valence-electron chi connectivity index (χ4n) is 2.48. The summed E-state index contributed by atoms with van der Waals surface area (Å²) in [7, 11) is 0. The highest BCUT2D eigenvalue weighted by Crippen LogP contribution is 2.12. The maximum Gasteiger partial charge on any atom is 0.0543 e. The van der Waals surface area contributed by atoms with Crippen LogP contribution in [0.5, 0.6) is 0 Å². The van der Waals surface area contributed by atoms with Crippen molar-refractivity contribution in [3.05, 3.63) is 71.8 Å². The summed E-state index contributed by atoms with van der Waals surface area (Å²) in [6.45, 7) is 0. The highest BCUT2D eigenvalue weighted by atomic mass is 16.3. The number of benzene rings is 2. The summed E-state index contributed by atoms with van der Waals surface area (Å²) in [5, 5.41) is 10.0. The summed E-state index contributed by atoms with van der Waals surface area (Å²) in [4.78, 5) is 0. The van der Waals surface area contributed by atoms with Crippen LogP contribution in [0.4, 0.5) is 0 Å². The summed E-state index contributed by atoms with van der Waals surface area (Å²) in [6.07, 6.45) is 5.98. The van der Waals surface area contributed by atoms with E-state index in [-0.39, 0.29) is 6.10 Å². The molecular formula is C19H24O. The van der Waals surface area contributed by atoms with Gasteiger partial charge in [-0.1, -0.05) is 67.1 Å². The SMILES string of the molecule is O[C@H](CCCCc1ccccc1)CCc1ccccc1. The molecule has 0 amide bonds. The quantitative estimate of drug-likeness (QED) is 0.704. The minimum Gasteiger partial charge on any atom is -0.393 e. The van der Waals surface area contributed by atoms with Crippen molar-refractivity contribution in [1.29, 1.82) is 0 Å². The van der Waals surface area contributed by atoms with E-state index in [0.717, 1.165) is 38.5 Å². The zero-order valence-corrected chi connectivity index (χ0v) is 12.0. The summed E-state index contributed by atoms with van der Waals surface area (Å²) in [5.74, 6) is 0. The van der Waals surface area contributed by atoms with Crippen molar-refractivity contribution in [2.24, 2.45) is 0 Å². The molecule has 1 atom stereocenters. The molecule has 20 heavy (non-hydrogen) atoms. The predicted molar refractivity (Wildman–Crippen MR) is 84.8 cm³/mol. The molecule has 0 aliphatic carbocycles. The average molecular weight is 268 g/mol. The third-order valence-electron chi connectivity index (χ3n) is 3.70. The van der Waals surface area contributed by atoms with Crippen molar-refractivity contribution in [3.63, 3.8) is 0 Å². The number of rotatable bonds is 8. The van der Waals surface area contributed by atoms with Gasteiger partial charge in [0.15, 0.2) is 0 Å². The molecule has 0 unspecified atom stereocenters. The van der Waals surface area contributed by atoms with E-state index in [1.807, 2.05) is 6.07 Å². The lowest BCUT2D eigenvalue weighted by Crippen LogP contribution is -2.08. The van der Waals surface area contributed by atoms with Gasteiger partial charge in [-0.3, -0.25) is 0 Å². The number of aliphatic hydroxyl groups excluding tert-OH is 1. The van der Waals surface area contributed by atoms with E-state index in [0.29, 0.717) is 0 Å². The molecule has 2 aromatic rings. The molecule has 1 N–H and O–H groups in total. The Morgan fingerprint density at radius 3 is 1.80 bits per heavy atom. The molecule has 0 bridgehead atoms. The van der Waals surface area contributed by atoms with Gasteiger partial charge in [-0.05, 0) is 43.2 Å². The van der Waals surface area contributed by atoms with Gasteiger partial charge >= 0.3 is 0 Å². The summed E-state index contributed by atoms with van der Waals surface area (Å²) in [5.41, 5.74) is 2.71. The van der Waals surface area contributed by atoms with Crippen molar-refractivity contribution in [1.82, 2.24) is 0 Å². The zero-order chi connectivity index (χ0) is 14.0. The van der Waals surface area contributed by atoms with Crippen LogP contribution in [0.15, 0.2) is 60.7 Å². The van der Waals surface area contributed by atoms with Gasteiger partial charge in [0.1, 0.15) is 0 Å². The Bertz CT molecular complexity index is 464. The topological polar surface area (TPSA) is 20.2 Å². The lowest BCUT2D eigenvalue weighted by molar-refractivity contribution is 0.151. The second-order valence-electron chi connectivity index (χ2n) is 5.41. The Morgan fingerprint density at radius 1 is 0.650 bits per heavy atom. The molecule has 1 heteroatoms. The lowest BCUT2D eigenvalue weighted by Gasteiger charge is -2.10. The maximum atomic E-state index is 10.0. The van der Waals surface area contributed by atoms with Gasteiger partial charge in [0.05, 0.1) is 6.10 Å². The van der Waals surface area contributed by atoms with Crippen LogP contribution in [-0.4, -0.2) is 11.2 Å². The molecule has 1 nitrogen and oxygen atoms in total. The Labute approximate surface area is 122 Å². The van der Waals surface area contributed by atoms with Crippen molar-refractivity contribution in [3.8, 4) is 0 Å². The first kappa shape index (κ1) is 14.8. The minimum atomic E-state index is -0.161. The molecule has 0 saturated heterocycles. The van der Waals surface area contributed by atoms with Crippen LogP contribution < -0.4 is 0 Å². The van der Waals surface area contributed by atoms with Crippen LogP contribution in [0.25, 0.3) is 0 Å². The van der Waals surface area contributed by atoms with Gasteiger partial charge in [0.25, 0.3) is 0 Å². The molecule has 0 spiro atoms. The largest absolute Gasteiger partial charge is 0.393 e. The molecule has 0 aromatic heterocycles. The van der Waals surface area contributed by atoms with Gasteiger partial charge in [-0.25, -0.2) is 0 Å². The van der Waals surface area contributed by atoms with Gasteiger partial charge in [-0.15, -0.1) is 0 Å². The summed E-state index contributed by atoms with van der Waals surface area (Å²) >= 11 is 0. The summed E-state index contributed by atoms with van der Waals surface area (Å²) in [6, 6.07) is 21.0. The van der Waals surface area contributed by atoms with Crippen LogP contribution in [0.1, 0.15) is 36.8 Å². The first-order valence-electron chi connectivity index (χ1n) is 7.60. The van der Waals surface area contributed by atoms with E-state index in [4.69, 9.17) is 0 Å². The van der Waals surface area contributed by atoms with E-state index >= 15 is 0 Å². The molecule has 0 radical (unpaired) electrons. The monoisotopic (exact) mass is 268 g/mol. The molecule has 0 aliphatic rings. The van der Waals surface area contributed by atoms with E-state index < -0.39 is 0 Å². The van der Waals surface area contributed by atoms with Gasteiger partial charge in [0.2, 0.25) is 0 Å². The van der Waals surface area contributed by atoms with Gasteiger partial charge in [0, 0.05) is 0 Å². The fraction of sp³-hybridized carbons (Fsp3) is 0.368. The molecule has 0 aliphatic heterocycles. The Kier molecular flexibility index (Phi) is 6.33. The standard InChI is InChI=1S/C19H24O/c20-19(16-15-18-11-5-2-6-12-18)14-8-7-13-17-9-3-1-4-10-17/h1-6,9-12,19-20H,7-8,13-16H2/t19-/m1/s1. The maximum absolute atomic E-state index is 10.0. The van der Waals surface area contributed by atoms with E-state index in [9.17, 15) is 5.11 Å². The molecular weight excluding hydrogens is 244 g/mol. The highest BCUT2D eigenvalue weighted by molar-refractivity contribution is 5.15. The highest BCUT2D eigenvalue weighted by Gasteiger charge is 2.04. The van der Waals surface area contributed by atoms with Crippen LogP contribution in [0.2, 0.25) is 0 Å². The number of hydrogen-bond donors (Lipinski definition) is 1. The normalized spacial score (nSPS) is 12.2. The first-order valence-corrected chi connectivity index (χ1v) is 7.60. The van der Waals surface area contributed by atoms with Crippen LogP contribution >= 0.6 is 0 Å². The molecule has 0 fully saturated rings. The van der Waals surface area contributed by atoms with E-state index in [1.54, 1.807) is 0 Å². The van der Waals surface area contributed by atoms with Crippen molar-refractivity contribution in [2.45, 2.75) is 44.6 Å². The van der Waals surface area contributed by atoms with E-state index in [1.165, 1.54) is 11.1 Å². The number of aliphatic hydroxyl groups is 1. The zero-order valence-electron chi connectivity index (χ0n) is 12.0. The van der Waals surface area contributed by atoms with Crippen LogP contribution in [-0.2, 0) is 12.8 Å².